The Labute approximate surface area is 371 Å². The highest BCUT2D eigenvalue weighted by Crippen LogP contribution is 2.36. The number of fused-ring (bicyclic) bond motifs is 8. The molecule has 0 atom stereocenters. The number of aryl methyl sites for hydroxylation is 6. The van der Waals surface area contributed by atoms with E-state index in [4.69, 9.17) is 0 Å². The van der Waals surface area contributed by atoms with Gasteiger partial charge < -0.3 is 31.1 Å². The summed E-state index contributed by atoms with van der Waals surface area (Å²) in [5.74, 6) is 0.538. The van der Waals surface area contributed by atoms with Crippen LogP contribution in [0, 0.1) is 0 Å². The van der Waals surface area contributed by atoms with Crippen molar-refractivity contribution >= 4 is 19.7 Å². The summed E-state index contributed by atoms with van der Waals surface area (Å²) in [6.45, 7) is 9.65. The highest BCUT2D eigenvalue weighted by Gasteiger charge is 2.26. The van der Waals surface area contributed by atoms with Crippen molar-refractivity contribution in [2.24, 2.45) is 0 Å². The number of benzene rings is 4. The van der Waals surface area contributed by atoms with Crippen molar-refractivity contribution in [1.29, 1.82) is 0 Å². The summed E-state index contributed by atoms with van der Waals surface area (Å²) in [6, 6.07) is 12.7. The predicted octanol–water partition coefficient (Wildman–Crippen LogP) is 10.1. The van der Waals surface area contributed by atoms with Gasteiger partial charge in [-0.15, -0.1) is 0 Å². The average Bonchev–Trinajstić information content (AvgIpc) is 3.26. The Morgan fingerprint density at radius 3 is 0.952 bits per heavy atom. The minimum atomic E-state index is -3.95. The Morgan fingerprint density at radius 2 is 0.645 bits per heavy atom. The standard InChI is InChI=1S/C50H70N2O8S2/c1-5-35-25-43-29-39(47(35)53)21-17-13-9-11-15-19-24-52-34-42-32-46(28-38(8-4)50(42)56)62(59,60)44-26-36(6-2)48(54)40(30-44)22-18-14-10-12-16-20-23-51-33-41-31-45(61(43,57)58)27-37(7-3)49(41)55/h25-32,51-56H,5-24,33-34H2,1-4H3. The molecule has 5 rings (SSSR count). The SMILES string of the molecule is CCc1cc2cc(c1O)CCCCCCCCNCc1cc(cc(CC)c1O)S(=O)(=O)c1cc(CC)c(O)c(c1)CCCCCCCCNCc1cc(cc(CC)c1O)S2(=O)=O. The summed E-state index contributed by atoms with van der Waals surface area (Å²) in [7, 11) is -7.89. The topological polar surface area (TPSA) is 173 Å². The van der Waals surface area contributed by atoms with Gasteiger partial charge in [0.05, 0.1) is 19.6 Å². The summed E-state index contributed by atoms with van der Waals surface area (Å²) < 4.78 is 56.8. The molecule has 1 aliphatic rings. The summed E-state index contributed by atoms with van der Waals surface area (Å²) in [4.78, 5) is 0.583. The minimum absolute atomic E-state index is 0.111. The van der Waals surface area contributed by atoms with Crippen LogP contribution in [0.5, 0.6) is 23.0 Å². The first-order valence-corrected chi connectivity index (χ1v) is 26.0. The lowest BCUT2D eigenvalue weighted by Gasteiger charge is -2.16. The molecule has 12 heteroatoms. The van der Waals surface area contributed by atoms with E-state index in [1.165, 1.54) is 0 Å². The number of sulfone groups is 2. The van der Waals surface area contributed by atoms with Gasteiger partial charge in [-0.05, 0) is 159 Å². The summed E-state index contributed by atoms with van der Waals surface area (Å²) in [5, 5.41) is 51.2. The number of aromatic hydroxyl groups is 4. The Bertz CT molecular complexity index is 2040. The van der Waals surface area contributed by atoms with Gasteiger partial charge >= 0.3 is 0 Å². The van der Waals surface area contributed by atoms with Crippen LogP contribution in [0.2, 0.25) is 0 Å². The second kappa shape index (κ2) is 23.0. The molecule has 8 bridgehead atoms. The molecule has 0 aromatic heterocycles. The van der Waals surface area contributed by atoms with Gasteiger partial charge in [0.1, 0.15) is 23.0 Å². The van der Waals surface area contributed by atoms with Gasteiger partial charge in [-0.3, -0.25) is 0 Å². The van der Waals surface area contributed by atoms with Gasteiger partial charge in [-0.25, -0.2) is 16.8 Å². The molecule has 0 unspecified atom stereocenters. The second-order valence-corrected chi connectivity index (χ2v) is 20.8. The molecule has 4 aromatic carbocycles. The molecule has 4 aromatic rings. The van der Waals surface area contributed by atoms with Crippen LogP contribution >= 0.6 is 0 Å². The van der Waals surface area contributed by atoms with Crippen molar-refractivity contribution < 1.29 is 37.3 Å². The van der Waals surface area contributed by atoms with Gasteiger partial charge in [0, 0.05) is 24.2 Å². The largest absolute Gasteiger partial charge is 0.507 e. The maximum atomic E-state index is 14.2. The van der Waals surface area contributed by atoms with E-state index in [-0.39, 0.29) is 42.6 Å². The summed E-state index contributed by atoms with van der Waals surface area (Å²) in [6.07, 6.45) is 14.3. The highest BCUT2D eigenvalue weighted by molar-refractivity contribution is 7.91. The number of phenolic OH excluding ortho intramolecular Hbond substituents is 4. The van der Waals surface area contributed by atoms with E-state index in [1.54, 1.807) is 48.5 Å². The van der Waals surface area contributed by atoms with E-state index >= 15 is 0 Å². The Morgan fingerprint density at radius 1 is 0.387 bits per heavy atom. The number of rotatable bonds is 4. The molecule has 0 saturated heterocycles. The third kappa shape index (κ3) is 12.1. The number of phenols is 4. The van der Waals surface area contributed by atoms with Gasteiger partial charge in [0.15, 0.2) is 0 Å². The van der Waals surface area contributed by atoms with E-state index in [2.05, 4.69) is 10.6 Å². The number of nitrogens with one attached hydrogen (secondary N) is 2. The Balaban J connectivity index is 1.34. The molecule has 0 saturated carbocycles. The van der Waals surface area contributed by atoms with Crippen molar-refractivity contribution in [3.63, 3.8) is 0 Å². The molecule has 0 fully saturated rings. The van der Waals surface area contributed by atoms with Crippen LogP contribution < -0.4 is 10.6 Å². The molecule has 0 amide bonds. The monoisotopic (exact) mass is 890 g/mol. The highest BCUT2D eigenvalue weighted by atomic mass is 32.2. The van der Waals surface area contributed by atoms with Gasteiger partial charge in [-0.2, -0.15) is 0 Å². The van der Waals surface area contributed by atoms with Gasteiger partial charge in [0.2, 0.25) is 19.7 Å². The van der Waals surface area contributed by atoms with E-state index in [0.717, 1.165) is 77.0 Å². The van der Waals surface area contributed by atoms with Crippen LogP contribution in [-0.4, -0.2) is 50.4 Å². The molecule has 10 nitrogen and oxygen atoms in total. The van der Waals surface area contributed by atoms with E-state index < -0.39 is 19.7 Å². The van der Waals surface area contributed by atoms with Gasteiger partial charge in [0.25, 0.3) is 0 Å². The molecule has 1 aliphatic heterocycles. The molecular formula is C50H70N2O8S2. The van der Waals surface area contributed by atoms with E-state index in [1.807, 2.05) is 27.7 Å². The van der Waals surface area contributed by atoms with E-state index in [0.29, 0.717) is 109 Å². The molecule has 340 valence electrons. The van der Waals surface area contributed by atoms with Crippen LogP contribution in [0.3, 0.4) is 0 Å². The fourth-order valence-electron chi connectivity index (χ4n) is 8.52. The first kappa shape index (κ1) is 48.9. The van der Waals surface area contributed by atoms with E-state index in [9.17, 15) is 37.3 Å². The molecule has 0 aliphatic carbocycles. The minimum Gasteiger partial charge on any atom is -0.507 e. The summed E-state index contributed by atoms with van der Waals surface area (Å²) in [5.41, 5.74) is 4.68. The molecule has 0 spiro atoms. The Kier molecular flexibility index (Phi) is 18.2. The van der Waals surface area contributed by atoms with Crippen LogP contribution in [0.1, 0.15) is 149 Å². The third-order valence-electron chi connectivity index (χ3n) is 12.5. The van der Waals surface area contributed by atoms with Crippen LogP contribution in [0.4, 0.5) is 0 Å². The third-order valence-corrected chi connectivity index (χ3v) is 15.9. The predicted molar refractivity (Wildman–Crippen MR) is 247 cm³/mol. The maximum Gasteiger partial charge on any atom is 0.206 e. The van der Waals surface area contributed by atoms with Gasteiger partial charge in [-0.1, -0.05) is 79.1 Å². The lowest BCUT2D eigenvalue weighted by molar-refractivity contribution is 0.455. The first-order chi connectivity index (χ1) is 29.8. The van der Waals surface area contributed by atoms with Crippen LogP contribution in [-0.2, 0) is 71.3 Å². The molecule has 0 radical (unpaired) electrons. The molecule has 1 heterocycles. The zero-order valence-corrected chi connectivity index (χ0v) is 39.0. The number of hydrogen-bond acceptors (Lipinski definition) is 10. The second-order valence-electron chi connectivity index (χ2n) is 16.9. The molecule has 62 heavy (non-hydrogen) atoms. The Hall–Kier alpha value is -4.10. The van der Waals surface area contributed by atoms with Crippen molar-refractivity contribution in [2.75, 3.05) is 13.1 Å². The quantitative estimate of drug-likeness (QED) is 0.116. The first-order valence-electron chi connectivity index (χ1n) is 23.1. The van der Waals surface area contributed by atoms with Crippen LogP contribution in [0.25, 0.3) is 0 Å². The average molecular weight is 891 g/mol. The lowest BCUT2D eigenvalue weighted by atomic mass is 10.0. The maximum absolute atomic E-state index is 14.2. The smallest absolute Gasteiger partial charge is 0.206 e. The normalized spacial score (nSPS) is 17.7. The number of hydrogen-bond donors (Lipinski definition) is 6. The van der Waals surface area contributed by atoms with Crippen molar-refractivity contribution in [1.82, 2.24) is 10.6 Å². The fraction of sp³-hybridized carbons (Fsp3) is 0.520. The van der Waals surface area contributed by atoms with Crippen molar-refractivity contribution in [3.8, 4) is 23.0 Å². The van der Waals surface area contributed by atoms with Crippen molar-refractivity contribution in [3.05, 3.63) is 93.0 Å². The molecule has 6 N–H and O–H groups in total. The molecular weight excluding hydrogens is 821 g/mol. The zero-order chi connectivity index (χ0) is 44.9. The lowest BCUT2D eigenvalue weighted by Crippen LogP contribution is -2.16. The fourth-order valence-corrected chi connectivity index (χ4v) is 11.4. The summed E-state index contributed by atoms with van der Waals surface area (Å²) >= 11 is 0. The van der Waals surface area contributed by atoms with Crippen LogP contribution in [0.15, 0.2) is 68.1 Å². The zero-order valence-electron chi connectivity index (χ0n) is 37.4. The van der Waals surface area contributed by atoms with Crippen molar-refractivity contribution in [2.45, 2.75) is 176 Å².